The number of fused-ring (bicyclic) bond motifs is 1. The molecule has 2 aromatic rings. The zero-order valence-corrected chi connectivity index (χ0v) is 11.3. The lowest BCUT2D eigenvalue weighted by Crippen LogP contribution is -2.35. The van der Waals surface area contributed by atoms with Crippen LogP contribution in [0.3, 0.4) is 0 Å². The number of hydrogen-bond acceptors (Lipinski definition) is 4. The van der Waals surface area contributed by atoms with E-state index in [9.17, 15) is 13.2 Å². The number of anilines is 1. The van der Waals surface area contributed by atoms with Crippen LogP contribution in [0, 0.1) is 0 Å². The highest BCUT2D eigenvalue weighted by Crippen LogP contribution is 2.27. The second-order valence-electron chi connectivity index (χ2n) is 4.18. The molecule has 2 rings (SSSR count). The molecule has 0 saturated heterocycles. The number of aromatic nitrogens is 2. The third-order valence-electron chi connectivity index (χ3n) is 2.70. The molecule has 19 heavy (non-hydrogen) atoms. The second kappa shape index (κ2) is 5.38. The number of imidazole rings is 1. The van der Waals surface area contributed by atoms with Crippen molar-refractivity contribution < 1.29 is 13.2 Å². The van der Waals surface area contributed by atoms with E-state index in [2.05, 4.69) is 4.98 Å². The van der Waals surface area contributed by atoms with Gasteiger partial charge < -0.3 is 10.6 Å². The Balaban J connectivity index is 2.40. The quantitative estimate of drug-likeness (QED) is 0.921. The van der Waals surface area contributed by atoms with Gasteiger partial charge in [-0.05, 0) is 6.42 Å². The van der Waals surface area contributed by atoms with Gasteiger partial charge in [0.15, 0.2) is 10.8 Å². The largest absolute Gasteiger partial charge is 0.405 e. The molecule has 0 unspecified atom stereocenters. The predicted octanol–water partition coefficient (Wildman–Crippen LogP) is 2.63. The standard InChI is InChI=1S/C11H15F3N4S/c1-2-3-17(7-11(12,13)14)9-8(6-15)18-4-5-19-10(18)16-9/h4-5H,2-3,6-7,15H2,1H3. The Morgan fingerprint density at radius 3 is 2.79 bits per heavy atom. The number of alkyl halides is 3. The smallest absolute Gasteiger partial charge is 0.346 e. The summed E-state index contributed by atoms with van der Waals surface area (Å²) in [4.78, 5) is 6.19. The van der Waals surface area contributed by atoms with Crippen molar-refractivity contribution in [3.63, 3.8) is 0 Å². The van der Waals surface area contributed by atoms with Crippen molar-refractivity contribution in [2.75, 3.05) is 18.0 Å². The number of hydrogen-bond donors (Lipinski definition) is 1. The number of halogens is 3. The Morgan fingerprint density at radius 2 is 2.21 bits per heavy atom. The van der Waals surface area contributed by atoms with Crippen LogP contribution in [-0.4, -0.2) is 28.7 Å². The maximum absolute atomic E-state index is 12.6. The molecular formula is C11H15F3N4S. The van der Waals surface area contributed by atoms with Crippen LogP contribution >= 0.6 is 11.3 Å². The van der Waals surface area contributed by atoms with Crippen molar-refractivity contribution in [2.24, 2.45) is 5.73 Å². The molecule has 106 valence electrons. The minimum Gasteiger partial charge on any atom is -0.346 e. The van der Waals surface area contributed by atoms with Crippen molar-refractivity contribution in [3.05, 3.63) is 17.3 Å². The topological polar surface area (TPSA) is 46.6 Å². The van der Waals surface area contributed by atoms with Gasteiger partial charge in [-0.1, -0.05) is 6.92 Å². The number of nitrogens with zero attached hydrogens (tertiary/aromatic N) is 3. The monoisotopic (exact) mass is 292 g/mol. The van der Waals surface area contributed by atoms with Crippen molar-refractivity contribution in [1.82, 2.24) is 9.38 Å². The molecule has 0 aromatic carbocycles. The fraction of sp³-hybridized carbons (Fsp3) is 0.545. The molecule has 0 radical (unpaired) electrons. The van der Waals surface area contributed by atoms with Gasteiger partial charge in [-0.15, -0.1) is 11.3 Å². The van der Waals surface area contributed by atoms with E-state index in [0.29, 0.717) is 29.4 Å². The molecule has 0 aliphatic rings. The first kappa shape index (κ1) is 14.1. The van der Waals surface area contributed by atoms with Crippen LogP contribution in [0.25, 0.3) is 4.96 Å². The molecule has 0 amide bonds. The summed E-state index contributed by atoms with van der Waals surface area (Å²) in [7, 11) is 0. The van der Waals surface area contributed by atoms with Crippen molar-refractivity contribution in [2.45, 2.75) is 26.1 Å². The molecule has 2 heterocycles. The highest BCUT2D eigenvalue weighted by Gasteiger charge is 2.32. The lowest BCUT2D eigenvalue weighted by molar-refractivity contribution is -0.119. The third-order valence-corrected chi connectivity index (χ3v) is 3.45. The zero-order chi connectivity index (χ0) is 14.0. The average Bonchev–Trinajstić information content (AvgIpc) is 2.85. The first-order valence-electron chi connectivity index (χ1n) is 5.92. The molecular weight excluding hydrogens is 277 g/mol. The number of thiazole rings is 1. The summed E-state index contributed by atoms with van der Waals surface area (Å²) in [5.74, 6) is 0.341. The van der Waals surface area contributed by atoms with E-state index in [4.69, 9.17) is 5.73 Å². The van der Waals surface area contributed by atoms with Crippen LogP contribution in [0.5, 0.6) is 0 Å². The fourth-order valence-corrected chi connectivity index (χ4v) is 2.74. The first-order valence-corrected chi connectivity index (χ1v) is 6.80. The van der Waals surface area contributed by atoms with Gasteiger partial charge in [0.2, 0.25) is 0 Å². The second-order valence-corrected chi connectivity index (χ2v) is 5.05. The highest BCUT2D eigenvalue weighted by atomic mass is 32.1. The van der Waals surface area contributed by atoms with Crippen LogP contribution in [0.15, 0.2) is 11.6 Å². The van der Waals surface area contributed by atoms with Gasteiger partial charge in [0, 0.05) is 24.7 Å². The van der Waals surface area contributed by atoms with E-state index < -0.39 is 12.7 Å². The lowest BCUT2D eigenvalue weighted by atomic mass is 10.3. The van der Waals surface area contributed by atoms with Gasteiger partial charge in [0.05, 0.1) is 5.69 Å². The van der Waals surface area contributed by atoms with E-state index in [0.717, 1.165) is 0 Å². The highest BCUT2D eigenvalue weighted by molar-refractivity contribution is 7.15. The molecule has 0 fully saturated rings. The van der Waals surface area contributed by atoms with Crippen molar-refractivity contribution in [1.29, 1.82) is 0 Å². The predicted molar refractivity (Wildman–Crippen MR) is 69.5 cm³/mol. The van der Waals surface area contributed by atoms with E-state index in [1.54, 1.807) is 10.6 Å². The van der Waals surface area contributed by atoms with E-state index in [1.807, 2.05) is 12.3 Å². The van der Waals surface area contributed by atoms with Gasteiger partial charge in [-0.3, -0.25) is 4.40 Å². The summed E-state index contributed by atoms with van der Waals surface area (Å²) in [5, 5.41) is 1.83. The normalized spacial score (nSPS) is 12.3. The van der Waals surface area contributed by atoms with Gasteiger partial charge in [-0.25, -0.2) is 4.98 Å². The van der Waals surface area contributed by atoms with Crippen LogP contribution in [0.2, 0.25) is 0 Å². The molecule has 0 aliphatic carbocycles. The minimum absolute atomic E-state index is 0.158. The Labute approximate surface area is 112 Å². The molecule has 0 aliphatic heterocycles. The summed E-state index contributed by atoms with van der Waals surface area (Å²) >= 11 is 1.38. The van der Waals surface area contributed by atoms with E-state index in [-0.39, 0.29) is 6.54 Å². The van der Waals surface area contributed by atoms with E-state index >= 15 is 0 Å². The summed E-state index contributed by atoms with van der Waals surface area (Å²) in [6, 6.07) is 0. The van der Waals surface area contributed by atoms with Crippen molar-refractivity contribution >= 4 is 22.1 Å². The Bertz CT molecular complexity index is 546. The Hall–Kier alpha value is -1.28. The van der Waals surface area contributed by atoms with Gasteiger partial charge in [0.25, 0.3) is 0 Å². The third kappa shape index (κ3) is 3.01. The molecule has 0 bridgehead atoms. The fourth-order valence-electron chi connectivity index (χ4n) is 2.01. The first-order chi connectivity index (χ1) is 8.96. The number of nitrogens with two attached hydrogens (primary N) is 1. The minimum atomic E-state index is -4.25. The maximum atomic E-state index is 12.6. The molecule has 0 atom stereocenters. The molecule has 8 heteroatoms. The van der Waals surface area contributed by atoms with Crippen molar-refractivity contribution in [3.8, 4) is 0 Å². The maximum Gasteiger partial charge on any atom is 0.405 e. The lowest BCUT2D eigenvalue weighted by Gasteiger charge is -2.24. The van der Waals surface area contributed by atoms with Gasteiger partial charge >= 0.3 is 6.18 Å². The van der Waals surface area contributed by atoms with Crippen LogP contribution < -0.4 is 10.6 Å². The molecule has 0 spiro atoms. The van der Waals surface area contributed by atoms with Gasteiger partial charge in [-0.2, -0.15) is 13.2 Å². The summed E-state index contributed by atoms with van der Waals surface area (Å²) in [6.45, 7) is 1.30. The SMILES string of the molecule is CCCN(CC(F)(F)F)c1nc2sccn2c1CN. The average molecular weight is 292 g/mol. The molecule has 2 N–H and O–H groups in total. The number of rotatable bonds is 5. The molecule has 2 aromatic heterocycles. The van der Waals surface area contributed by atoms with Crippen LogP contribution in [0.1, 0.15) is 19.0 Å². The van der Waals surface area contributed by atoms with Crippen LogP contribution in [0.4, 0.5) is 19.0 Å². The Morgan fingerprint density at radius 1 is 1.47 bits per heavy atom. The summed E-state index contributed by atoms with van der Waals surface area (Å²) in [6.07, 6.45) is -1.86. The zero-order valence-electron chi connectivity index (χ0n) is 10.4. The Kier molecular flexibility index (Phi) is 4.00. The molecule has 4 nitrogen and oxygen atoms in total. The van der Waals surface area contributed by atoms with Crippen LogP contribution in [-0.2, 0) is 6.54 Å². The summed E-state index contributed by atoms with van der Waals surface area (Å²) in [5.41, 5.74) is 6.27. The van der Waals surface area contributed by atoms with E-state index in [1.165, 1.54) is 16.2 Å². The van der Waals surface area contributed by atoms with Gasteiger partial charge in [0.1, 0.15) is 6.54 Å². The summed E-state index contributed by atoms with van der Waals surface area (Å²) < 4.78 is 39.6. The molecule has 0 saturated carbocycles.